The Hall–Kier alpha value is -2.37. The minimum Gasteiger partial charge on any atom is -0.497 e. The smallest absolute Gasteiger partial charge is 0.254 e. The number of rotatable bonds is 6. The summed E-state index contributed by atoms with van der Waals surface area (Å²) in [6.45, 7) is 7.11. The minimum absolute atomic E-state index is 0.00573. The fraction of sp³-hybridized carbons (Fsp3) is 0.471. The van der Waals surface area contributed by atoms with Gasteiger partial charge in [-0.3, -0.25) is 9.59 Å². The van der Waals surface area contributed by atoms with Crippen LogP contribution in [0.5, 0.6) is 5.75 Å². The van der Waals surface area contributed by atoms with E-state index >= 15 is 0 Å². The number of nitrogens with one attached hydrogen (secondary N) is 1. The summed E-state index contributed by atoms with van der Waals surface area (Å²) in [4.78, 5) is 37.5. The number of nitrogens with zero attached hydrogens (tertiary/aromatic N) is 1. The van der Waals surface area contributed by atoms with E-state index in [1.807, 2.05) is 13.8 Å². The molecule has 0 heterocycles. The van der Waals surface area contributed by atoms with Crippen LogP contribution in [0.4, 0.5) is 0 Å². The van der Waals surface area contributed by atoms with Gasteiger partial charge in [0.05, 0.1) is 24.3 Å². The van der Waals surface area contributed by atoms with Crippen LogP contribution in [0.2, 0.25) is 0 Å². The third kappa shape index (κ3) is 4.31. The zero-order valence-corrected chi connectivity index (χ0v) is 14.5. The minimum atomic E-state index is -0.639. The van der Waals surface area contributed by atoms with Gasteiger partial charge in [0.2, 0.25) is 0 Å². The second-order valence-electron chi connectivity index (χ2n) is 5.77. The molecule has 0 spiro atoms. The van der Waals surface area contributed by atoms with Crippen molar-refractivity contribution >= 4 is 18.1 Å². The summed E-state index contributed by atoms with van der Waals surface area (Å²) >= 11 is 0. The van der Waals surface area contributed by atoms with Crippen molar-refractivity contribution in [2.45, 2.75) is 39.8 Å². The molecule has 1 N–H and O–H groups in total. The number of hydrogen-bond acceptors (Lipinski definition) is 4. The molecule has 0 unspecified atom stereocenters. The Morgan fingerprint density at radius 3 is 2.35 bits per heavy atom. The van der Waals surface area contributed by atoms with Crippen molar-refractivity contribution in [1.82, 2.24) is 10.2 Å². The van der Waals surface area contributed by atoms with Gasteiger partial charge in [-0.2, -0.15) is 0 Å². The van der Waals surface area contributed by atoms with Crippen molar-refractivity contribution in [3.8, 4) is 5.75 Å². The van der Waals surface area contributed by atoms with Gasteiger partial charge in [-0.15, -0.1) is 0 Å². The summed E-state index contributed by atoms with van der Waals surface area (Å²) < 4.78 is 5.19. The molecule has 0 fully saturated rings. The van der Waals surface area contributed by atoms with Gasteiger partial charge in [-0.25, -0.2) is 0 Å². The number of methoxy groups -OCH3 is 1. The van der Waals surface area contributed by atoms with E-state index in [-0.39, 0.29) is 17.5 Å². The number of ether oxygens (including phenoxy) is 1. The van der Waals surface area contributed by atoms with E-state index in [9.17, 15) is 14.4 Å². The van der Waals surface area contributed by atoms with Crippen LogP contribution < -0.4 is 10.1 Å². The van der Waals surface area contributed by atoms with E-state index in [1.54, 1.807) is 31.9 Å². The number of amides is 2. The van der Waals surface area contributed by atoms with E-state index in [4.69, 9.17) is 4.74 Å². The molecular weight excluding hydrogens is 296 g/mol. The summed E-state index contributed by atoms with van der Waals surface area (Å²) in [5.41, 5.74) is 1.16. The normalized spacial score (nSPS) is 11.8. The van der Waals surface area contributed by atoms with Gasteiger partial charge in [-0.1, -0.05) is 0 Å². The Bertz CT molecular complexity index is 611. The molecule has 1 rings (SSSR count). The molecule has 126 valence electrons. The highest BCUT2D eigenvalue weighted by Crippen LogP contribution is 2.24. The molecule has 0 aliphatic rings. The molecule has 0 aliphatic carbocycles. The second-order valence-corrected chi connectivity index (χ2v) is 5.77. The fourth-order valence-electron chi connectivity index (χ4n) is 2.06. The first-order valence-corrected chi connectivity index (χ1v) is 7.44. The van der Waals surface area contributed by atoms with Crippen LogP contribution in [0.1, 0.15) is 47.1 Å². The second kappa shape index (κ2) is 7.76. The van der Waals surface area contributed by atoms with E-state index < -0.39 is 11.9 Å². The Morgan fingerprint density at radius 1 is 1.26 bits per heavy atom. The van der Waals surface area contributed by atoms with Gasteiger partial charge in [-0.05, 0) is 45.4 Å². The largest absolute Gasteiger partial charge is 0.497 e. The van der Waals surface area contributed by atoms with Crippen LogP contribution in [0, 0.1) is 6.92 Å². The van der Waals surface area contributed by atoms with E-state index in [1.165, 1.54) is 13.2 Å². The lowest BCUT2D eigenvalue weighted by Crippen LogP contribution is -2.38. The highest BCUT2D eigenvalue weighted by Gasteiger charge is 2.25. The molecule has 1 atom stereocenters. The molecular formula is C17H24N2O4. The van der Waals surface area contributed by atoms with Crippen molar-refractivity contribution < 1.29 is 19.1 Å². The highest BCUT2D eigenvalue weighted by molar-refractivity contribution is 6.09. The van der Waals surface area contributed by atoms with E-state index in [0.717, 1.165) is 0 Å². The molecule has 0 saturated heterocycles. The quantitative estimate of drug-likeness (QED) is 0.811. The van der Waals surface area contributed by atoms with E-state index in [2.05, 4.69) is 5.32 Å². The third-order valence-corrected chi connectivity index (χ3v) is 3.66. The topological polar surface area (TPSA) is 75.7 Å². The SMILES string of the molecule is COc1cc(C)c(C(=O)N(C)C(C)C)c(C(=O)N[C@@H](C)C=O)c1. The lowest BCUT2D eigenvalue weighted by atomic mass is 9.98. The van der Waals surface area contributed by atoms with Gasteiger partial charge in [0.1, 0.15) is 12.0 Å². The van der Waals surface area contributed by atoms with Crippen LogP contribution in [-0.2, 0) is 4.79 Å². The number of aldehydes is 1. The van der Waals surface area contributed by atoms with Gasteiger partial charge in [0, 0.05) is 13.1 Å². The zero-order chi connectivity index (χ0) is 17.7. The average molecular weight is 320 g/mol. The highest BCUT2D eigenvalue weighted by atomic mass is 16.5. The summed E-state index contributed by atoms with van der Waals surface area (Å²) in [7, 11) is 3.18. The van der Waals surface area contributed by atoms with Crippen LogP contribution in [-0.4, -0.2) is 49.2 Å². The Balaban J connectivity index is 3.41. The maximum atomic E-state index is 12.7. The molecule has 6 heteroatoms. The van der Waals surface area contributed by atoms with Gasteiger partial charge < -0.3 is 19.7 Å². The first-order valence-electron chi connectivity index (χ1n) is 7.44. The van der Waals surface area contributed by atoms with Gasteiger partial charge in [0.15, 0.2) is 0 Å². The monoisotopic (exact) mass is 320 g/mol. The Morgan fingerprint density at radius 2 is 1.87 bits per heavy atom. The van der Waals surface area contributed by atoms with Crippen molar-refractivity contribution in [2.24, 2.45) is 0 Å². The van der Waals surface area contributed by atoms with Crippen LogP contribution in [0.25, 0.3) is 0 Å². The van der Waals surface area contributed by atoms with Crippen molar-refractivity contribution in [2.75, 3.05) is 14.2 Å². The third-order valence-electron chi connectivity index (χ3n) is 3.66. The lowest BCUT2D eigenvalue weighted by molar-refractivity contribution is -0.109. The molecule has 0 bridgehead atoms. The summed E-state index contributed by atoms with van der Waals surface area (Å²) in [5, 5.41) is 2.55. The molecule has 0 radical (unpaired) electrons. The molecule has 1 aromatic rings. The first kappa shape index (κ1) is 18.7. The Labute approximate surface area is 136 Å². The molecule has 1 aromatic carbocycles. The van der Waals surface area contributed by atoms with Crippen LogP contribution in [0.3, 0.4) is 0 Å². The summed E-state index contributed by atoms with van der Waals surface area (Å²) in [6, 6.07) is 2.58. The number of benzene rings is 1. The average Bonchev–Trinajstić information content (AvgIpc) is 2.52. The molecule has 6 nitrogen and oxygen atoms in total. The number of hydrogen-bond donors (Lipinski definition) is 1. The Kier molecular flexibility index (Phi) is 6.30. The standard InChI is InChI=1S/C17H24N2O4/c1-10(2)19(5)17(22)15-11(3)7-13(23-6)8-14(15)16(21)18-12(4)9-20/h7-10,12H,1-6H3,(H,18,21)/t12-/m0/s1. The van der Waals surface area contributed by atoms with E-state index in [0.29, 0.717) is 23.2 Å². The van der Waals surface area contributed by atoms with Gasteiger partial charge >= 0.3 is 0 Å². The molecule has 23 heavy (non-hydrogen) atoms. The number of carbonyl (C=O) groups is 3. The molecule has 2 amide bonds. The molecule has 0 saturated carbocycles. The molecule has 0 aliphatic heterocycles. The first-order chi connectivity index (χ1) is 10.7. The maximum absolute atomic E-state index is 12.7. The predicted molar refractivity (Wildman–Crippen MR) is 88.0 cm³/mol. The van der Waals surface area contributed by atoms with Crippen LogP contribution >= 0.6 is 0 Å². The van der Waals surface area contributed by atoms with Crippen molar-refractivity contribution in [1.29, 1.82) is 0 Å². The summed E-state index contributed by atoms with van der Waals surface area (Å²) in [6.07, 6.45) is 0.632. The molecule has 0 aromatic heterocycles. The number of carbonyl (C=O) groups excluding carboxylic acids is 3. The van der Waals surface area contributed by atoms with Crippen molar-refractivity contribution in [3.05, 3.63) is 28.8 Å². The van der Waals surface area contributed by atoms with Gasteiger partial charge in [0.25, 0.3) is 11.8 Å². The fourth-order valence-corrected chi connectivity index (χ4v) is 2.06. The predicted octanol–water partition coefficient (Wildman–Crippen LogP) is 1.80. The number of aryl methyl sites for hydroxylation is 1. The summed E-state index contributed by atoms with van der Waals surface area (Å²) in [5.74, 6) is -0.244. The lowest BCUT2D eigenvalue weighted by Gasteiger charge is -2.24. The maximum Gasteiger partial charge on any atom is 0.254 e. The van der Waals surface area contributed by atoms with Crippen LogP contribution in [0.15, 0.2) is 12.1 Å². The zero-order valence-electron chi connectivity index (χ0n) is 14.5. The van der Waals surface area contributed by atoms with Crippen molar-refractivity contribution in [3.63, 3.8) is 0 Å².